The number of hydrogen-bond donors (Lipinski definition) is 3. The van der Waals surface area contributed by atoms with Gasteiger partial charge < -0.3 is 15.7 Å². The highest BCUT2D eigenvalue weighted by molar-refractivity contribution is 5.86. The molecule has 2 fully saturated rings. The summed E-state index contributed by atoms with van der Waals surface area (Å²) in [5.74, 6) is 1.56. The lowest BCUT2D eigenvalue weighted by Crippen LogP contribution is -2.48. The third kappa shape index (κ3) is 2.87. The number of carbonyl (C=O) groups excluding carboxylic acids is 1. The van der Waals surface area contributed by atoms with E-state index in [4.69, 9.17) is 0 Å². The molecule has 4 atom stereocenters. The molecule has 1 aliphatic carbocycles. The van der Waals surface area contributed by atoms with Crippen molar-refractivity contribution in [2.45, 2.75) is 19.4 Å². The van der Waals surface area contributed by atoms with E-state index < -0.39 is 5.60 Å². The minimum absolute atomic E-state index is 0. The Labute approximate surface area is 138 Å². The van der Waals surface area contributed by atoms with Gasteiger partial charge in [-0.1, -0.05) is 44.2 Å². The van der Waals surface area contributed by atoms with E-state index in [1.165, 1.54) is 0 Å². The van der Waals surface area contributed by atoms with Gasteiger partial charge in [-0.05, 0) is 42.3 Å². The SMILES string of the molecule is CC(C)[C@](O)(C(=O)NCC1[C@H]2CNC[C@@H]12)c1ccccc1.Cl. The summed E-state index contributed by atoms with van der Waals surface area (Å²) in [5, 5.41) is 17.3. The van der Waals surface area contributed by atoms with Crippen LogP contribution in [0.4, 0.5) is 0 Å². The van der Waals surface area contributed by atoms with Gasteiger partial charge in [-0.25, -0.2) is 0 Å². The van der Waals surface area contributed by atoms with E-state index in [9.17, 15) is 9.90 Å². The molecule has 1 saturated carbocycles. The van der Waals surface area contributed by atoms with Crippen LogP contribution in [0.5, 0.6) is 0 Å². The molecule has 4 nitrogen and oxygen atoms in total. The van der Waals surface area contributed by atoms with Crippen LogP contribution in [0.1, 0.15) is 19.4 Å². The van der Waals surface area contributed by atoms with E-state index in [0.29, 0.717) is 29.9 Å². The Balaban J connectivity index is 0.00000176. The maximum Gasteiger partial charge on any atom is 0.256 e. The van der Waals surface area contributed by atoms with E-state index in [0.717, 1.165) is 13.1 Å². The highest BCUT2D eigenvalue weighted by Gasteiger charge is 2.53. The Kier molecular flexibility index (Phi) is 5.15. The van der Waals surface area contributed by atoms with Gasteiger partial charge in [-0.2, -0.15) is 0 Å². The van der Waals surface area contributed by atoms with E-state index in [-0.39, 0.29) is 24.2 Å². The van der Waals surface area contributed by atoms with Crippen molar-refractivity contribution in [2.75, 3.05) is 19.6 Å². The zero-order valence-corrected chi connectivity index (χ0v) is 13.9. The van der Waals surface area contributed by atoms with Crippen molar-refractivity contribution in [2.24, 2.45) is 23.7 Å². The van der Waals surface area contributed by atoms with Crippen LogP contribution in [0.3, 0.4) is 0 Å². The van der Waals surface area contributed by atoms with Crippen molar-refractivity contribution in [1.82, 2.24) is 10.6 Å². The first kappa shape index (κ1) is 17.3. The average Bonchev–Trinajstić information content (AvgIpc) is 2.93. The summed E-state index contributed by atoms with van der Waals surface area (Å²) in [4.78, 5) is 12.6. The molecule has 22 heavy (non-hydrogen) atoms. The Bertz CT molecular complexity index is 513. The maximum absolute atomic E-state index is 12.6. The van der Waals surface area contributed by atoms with Crippen LogP contribution in [0.2, 0.25) is 0 Å². The molecule has 2 aliphatic rings. The van der Waals surface area contributed by atoms with Gasteiger partial charge in [0.05, 0.1) is 0 Å². The van der Waals surface area contributed by atoms with Crippen molar-refractivity contribution in [3.63, 3.8) is 0 Å². The number of aliphatic hydroxyl groups is 1. The second kappa shape index (κ2) is 6.57. The lowest BCUT2D eigenvalue weighted by molar-refractivity contribution is -0.146. The predicted octanol–water partition coefficient (Wildman–Crippen LogP) is 1.53. The average molecular weight is 325 g/mol. The van der Waals surface area contributed by atoms with Gasteiger partial charge in [-0.15, -0.1) is 12.4 Å². The van der Waals surface area contributed by atoms with Gasteiger partial charge in [0, 0.05) is 6.54 Å². The number of amides is 1. The fraction of sp³-hybridized carbons (Fsp3) is 0.588. The fourth-order valence-electron chi connectivity index (χ4n) is 3.61. The van der Waals surface area contributed by atoms with Gasteiger partial charge in [-0.3, -0.25) is 4.79 Å². The van der Waals surface area contributed by atoms with Crippen molar-refractivity contribution < 1.29 is 9.90 Å². The number of benzene rings is 1. The molecule has 1 aromatic rings. The lowest BCUT2D eigenvalue weighted by Gasteiger charge is -2.31. The topological polar surface area (TPSA) is 61.4 Å². The monoisotopic (exact) mass is 324 g/mol. The number of halogens is 1. The Morgan fingerprint density at radius 1 is 1.32 bits per heavy atom. The van der Waals surface area contributed by atoms with Crippen molar-refractivity contribution in [3.05, 3.63) is 35.9 Å². The quantitative estimate of drug-likeness (QED) is 0.770. The summed E-state index contributed by atoms with van der Waals surface area (Å²) in [6, 6.07) is 9.23. The van der Waals surface area contributed by atoms with E-state index in [1.807, 2.05) is 44.2 Å². The highest BCUT2D eigenvalue weighted by atomic mass is 35.5. The van der Waals surface area contributed by atoms with Gasteiger partial charge in [0.2, 0.25) is 0 Å². The van der Waals surface area contributed by atoms with Crippen LogP contribution >= 0.6 is 12.4 Å². The number of nitrogens with one attached hydrogen (secondary N) is 2. The Hall–Kier alpha value is -1.10. The number of hydrogen-bond acceptors (Lipinski definition) is 3. The minimum atomic E-state index is -1.45. The molecule has 1 unspecified atom stereocenters. The normalized spacial score (nSPS) is 28.5. The molecule has 0 aromatic heterocycles. The first-order valence-electron chi connectivity index (χ1n) is 7.82. The maximum atomic E-state index is 12.6. The van der Waals surface area contributed by atoms with Crippen LogP contribution in [0, 0.1) is 23.7 Å². The molecule has 0 bridgehead atoms. The third-order valence-electron chi connectivity index (χ3n) is 5.16. The molecular weight excluding hydrogens is 300 g/mol. The van der Waals surface area contributed by atoms with Crippen LogP contribution < -0.4 is 10.6 Å². The van der Waals surface area contributed by atoms with Crippen LogP contribution in [-0.4, -0.2) is 30.6 Å². The van der Waals surface area contributed by atoms with Crippen LogP contribution in [0.25, 0.3) is 0 Å². The Morgan fingerprint density at radius 2 is 1.91 bits per heavy atom. The molecule has 1 aliphatic heterocycles. The van der Waals surface area contributed by atoms with Crippen LogP contribution in [-0.2, 0) is 10.4 Å². The molecule has 1 aromatic carbocycles. The number of fused-ring (bicyclic) bond motifs is 1. The Morgan fingerprint density at radius 3 is 2.45 bits per heavy atom. The van der Waals surface area contributed by atoms with Gasteiger partial charge in [0.1, 0.15) is 0 Å². The molecule has 3 N–H and O–H groups in total. The molecule has 0 radical (unpaired) electrons. The summed E-state index contributed by atoms with van der Waals surface area (Å²) >= 11 is 0. The molecule has 122 valence electrons. The first-order chi connectivity index (χ1) is 10.0. The zero-order chi connectivity index (χ0) is 15.0. The number of rotatable bonds is 5. The largest absolute Gasteiger partial charge is 0.375 e. The summed E-state index contributed by atoms with van der Waals surface area (Å²) in [6.07, 6.45) is 0. The smallest absolute Gasteiger partial charge is 0.256 e. The standard InChI is InChI=1S/C17H24N2O2.ClH/c1-11(2)17(21,12-6-4-3-5-7-12)16(20)19-10-15-13-8-18-9-14(13)15;/h3-7,11,13-15,18,21H,8-10H2,1-2H3,(H,19,20);1H/t13-,14+,15?,17-;/m1./s1. The highest BCUT2D eigenvalue weighted by Crippen LogP contribution is 2.48. The molecule has 1 heterocycles. The van der Waals surface area contributed by atoms with Crippen molar-refractivity contribution in [1.29, 1.82) is 0 Å². The second-order valence-corrected chi connectivity index (χ2v) is 6.65. The van der Waals surface area contributed by atoms with Gasteiger partial charge in [0.25, 0.3) is 5.91 Å². The molecule has 3 rings (SSSR count). The molecule has 1 amide bonds. The molecule has 5 heteroatoms. The third-order valence-corrected chi connectivity index (χ3v) is 5.16. The summed E-state index contributed by atoms with van der Waals surface area (Å²) in [6.45, 7) is 6.57. The first-order valence-corrected chi connectivity index (χ1v) is 7.82. The predicted molar refractivity (Wildman–Crippen MR) is 88.8 cm³/mol. The van der Waals surface area contributed by atoms with Crippen molar-refractivity contribution in [3.8, 4) is 0 Å². The minimum Gasteiger partial charge on any atom is -0.375 e. The summed E-state index contributed by atoms with van der Waals surface area (Å²) in [7, 11) is 0. The van der Waals surface area contributed by atoms with Gasteiger partial charge in [0.15, 0.2) is 5.60 Å². The molecule has 1 saturated heterocycles. The van der Waals surface area contributed by atoms with Crippen LogP contribution in [0.15, 0.2) is 30.3 Å². The van der Waals surface area contributed by atoms with E-state index in [2.05, 4.69) is 10.6 Å². The zero-order valence-electron chi connectivity index (χ0n) is 13.1. The lowest BCUT2D eigenvalue weighted by atomic mass is 9.82. The second-order valence-electron chi connectivity index (χ2n) is 6.65. The summed E-state index contributed by atoms with van der Waals surface area (Å²) in [5.41, 5.74) is -0.793. The van der Waals surface area contributed by atoms with Gasteiger partial charge >= 0.3 is 0 Å². The van der Waals surface area contributed by atoms with E-state index >= 15 is 0 Å². The molecule has 0 spiro atoms. The van der Waals surface area contributed by atoms with Crippen molar-refractivity contribution >= 4 is 18.3 Å². The number of piperidine rings is 1. The summed E-state index contributed by atoms with van der Waals surface area (Å²) < 4.78 is 0. The number of carbonyl (C=O) groups is 1. The molecular formula is C17H25ClN2O2. The fourth-order valence-corrected chi connectivity index (χ4v) is 3.61. The van der Waals surface area contributed by atoms with E-state index in [1.54, 1.807) is 0 Å².